The van der Waals surface area contributed by atoms with Crippen LogP contribution in [0.4, 0.5) is 0 Å². The summed E-state index contributed by atoms with van der Waals surface area (Å²) >= 11 is 1.66. The van der Waals surface area contributed by atoms with Gasteiger partial charge in [0.25, 0.3) is 0 Å². The van der Waals surface area contributed by atoms with Crippen LogP contribution >= 0.6 is 30.4 Å². The third-order valence-electron chi connectivity index (χ3n) is 4.35. The summed E-state index contributed by atoms with van der Waals surface area (Å²) in [5.41, 5.74) is 0. The van der Waals surface area contributed by atoms with Crippen LogP contribution in [0.25, 0.3) is 10.6 Å². The van der Waals surface area contributed by atoms with E-state index in [4.69, 9.17) is 18.6 Å². The average Bonchev–Trinajstić information content (AvgIpc) is 2.49. The van der Waals surface area contributed by atoms with E-state index < -0.39 is 17.0 Å². The molecule has 20 heavy (non-hydrogen) atoms. The first-order valence-electron chi connectivity index (χ1n) is 7.56. The molecule has 2 aliphatic carbocycles. The van der Waals surface area contributed by atoms with Gasteiger partial charge in [0, 0.05) is 0 Å². The number of hydrogen-bond donors (Lipinski definition) is 0. The molecule has 0 aliphatic heterocycles. The minimum absolute atomic E-state index is 0.556. The van der Waals surface area contributed by atoms with Gasteiger partial charge in [0.1, 0.15) is 0 Å². The van der Waals surface area contributed by atoms with E-state index in [1.165, 1.54) is 51.4 Å². The van der Waals surface area contributed by atoms with Gasteiger partial charge >= 0.3 is 35.6 Å². The van der Waals surface area contributed by atoms with Crippen LogP contribution in [0.3, 0.4) is 0 Å². The minimum atomic E-state index is -0.556. The molecular formula is C14H26Cl2N2STi-2. The molecule has 2 nitrogen and oxygen atoms in total. The molecule has 0 radical (unpaired) electrons. The first kappa shape index (κ1) is 19.6. The van der Waals surface area contributed by atoms with Crippen LogP contribution in [0.5, 0.6) is 0 Å². The van der Waals surface area contributed by atoms with Gasteiger partial charge in [-0.25, -0.2) is 0 Å². The monoisotopic (exact) mass is 372 g/mol. The summed E-state index contributed by atoms with van der Waals surface area (Å²) in [5, 5.41) is 10.7. The molecule has 4 unspecified atom stereocenters. The van der Waals surface area contributed by atoms with Crippen molar-refractivity contribution < 1.29 is 17.0 Å². The molecule has 118 valence electrons. The van der Waals surface area contributed by atoms with Crippen molar-refractivity contribution in [2.45, 2.75) is 74.0 Å². The van der Waals surface area contributed by atoms with Crippen molar-refractivity contribution in [1.82, 2.24) is 0 Å². The molecule has 0 aromatic carbocycles. The number of halogens is 2. The maximum atomic E-state index is 4.89. The quantitative estimate of drug-likeness (QED) is 0.579. The third kappa shape index (κ3) is 6.77. The molecule has 2 rings (SSSR count). The molecule has 0 amide bonds. The Kier molecular flexibility index (Phi) is 11.8. The predicted molar refractivity (Wildman–Crippen MR) is 90.0 cm³/mol. The average molecular weight is 373 g/mol. The SMILES string of the molecule is C[N-]C1CCCCC1SC1CCCCC1[N-]C.[Cl][Ti][Cl]. The van der Waals surface area contributed by atoms with Crippen LogP contribution in [0.1, 0.15) is 51.4 Å². The van der Waals surface area contributed by atoms with Gasteiger partial charge in [-0.3, -0.25) is 0 Å². The van der Waals surface area contributed by atoms with Gasteiger partial charge in [0.05, 0.1) is 0 Å². The number of hydrogen-bond acceptors (Lipinski definition) is 1. The zero-order valence-electron chi connectivity index (χ0n) is 12.5. The van der Waals surface area contributed by atoms with Crippen LogP contribution in [0, 0.1) is 0 Å². The van der Waals surface area contributed by atoms with Gasteiger partial charge in [-0.05, 0) is 23.3 Å². The van der Waals surface area contributed by atoms with Crippen molar-refractivity contribution in [3.05, 3.63) is 10.6 Å². The Labute approximate surface area is 145 Å². The van der Waals surface area contributed by atoms with E-state index in [0.717, 1.165) is 10.5 Å². The Morgan fingerprint density at radius 2 is 1.15 bits per heavy atom. The van der Waals surface area contributed by atoms with Crippen LogP contribution in [-0.4, -0.2) is 36.7 Å². The summed E-state index contributed by atoms with van der Waals surface area (Å²) in [6, 6.07) is 1.24. The molecule has 4 atom stereocenters. The van der Waals surface area contributed by atoms with Crippen LogP contribution in [0.2, 0.25) is 0 Å². The Morgan fingerprint density at radius 3 is 1.50 bits per heavy atom. The van der Waals surface area contributed by atoms with E-state index in [2.05, 4.69) is 22.4 Å². The molecule has 0 N–H and O–H groups in total. The molecule has 6 heteroatoms. The Balaban J connectivity index is 0.000000612. The summed E-state index contributed by atoms with van der Waals surface area (Å²) in [5.74, 6) is 0. The first-order valence-corrected chi connectivity index (χ1v) is 12.8. The van der Waals surface area contributed by atoms with Gasteiger partial charge in [-0.1, -0.05) is 38.5 Å². The summed E-state index contributed by atoms with van der Waals surface area (Å²) in [6.07, 6.45) is 11.0. The Bertz CT molecular complexity index is 227. The molecule has 0 aromatic rings. The summed E-state index contributed by atoms with van der Waals surface area (Å²) in [4.78, 5) is 0. The van der Waals surface area contributed by atoms with Gasteiger partial charge in [-0.15, -0.1) is 12.1 Å². The van der Waals surface area contributed by atoms with Crippen molar-refractivity contribution in [3.63, 3.8) is 0 Å². The summed E-state index contributed by atoms with van der Waals surface area (Å²) in [6.45, 7) is 0. The van der Waals surface area contributed by atoms with Crippen molar-refractivity contribution in [2.24, 2.45) is 0 Å². The van der Waals surface area contributed by atoms with Gasteiger partial charge in [0.2, 0.25) is 0 Å². The fraction of sp³-hybridized carbons (Fsp3) is 1.00. The molecule has 0 saturated heterocycles. The van der Waals surface area contributed by atoms with E-state index >= 15 is 0 Å². The van der Waals surface area contributed by atoms with E-state index in [0.29, 0.717) is 12.1 Å². The molecule has 0 bridgehead atoms. The second-order valence-electron chi connectivity index (χ2n) is 5.50. The fourth-order valence-corrected chi connectivity index (χ4v) is 5.22. The number of rotatable bonds is 4. The number of thioether (sulfide) groups is 1. The Morgan fingerprint density at radius 1 is 0.800 bits per heavy atom. The molecule has 2 aliphatic rings. The third-order valence-corrected chi connectivity index (χ3v) is 6.15. The van der Waals surface area contributed by atoms with Crippen molar-refractivity contribution >= 4 is 30.4 Å². The van der Waals surface area contributed by atoms with Crippen molar-refractivity contribution in [2.75, 3.05) is 14.1 Å². The van der Waals surface area contributed by atoms with E-state index in [9.17, 15) is 0 Å². The second-order valence-corrected chi connectivity index (χ2v) is 9.57. The maximum absolute atomic E-state index is 4.89. The standard InChI is InChI=1S/C14H26N2S.2ClH.Ti/c1-15-11-7-3-5-9-13(11)17-14-10-6-4-8-12(14)16-2;;;/h11-14H,3-10H2,1-2H3;2*1H;/q-2;;;+2/p-2. The molecule has 2 fully saturated rings. The van der Waals surface area contributed by atoms with Crippen LogP contribution < -0.4 is 0 Å². The zero-order valence-corrected chi connectivity index (χ0v) is 16.4. The predicted octanol–water partition coefficient (Wildman–Crippen LogP) is 5.73. The van der Waals surface area contributed by atoms with Gasteiger partial charge < -0.3 is 10.6 Å². The van der Waals surface area contributed by atoms with Crippen molar-refractivity contribution in [3.8, 4) is 0 Å². The van der Waals surface area contributed by atoms with E-state index in [-0.39, 0.29) is 0 Å². The normalized spacial score (nSPS) is 34.0. The second kappa shape index (κ2) is 12.0. The molecular weight excluding hydrogens is 347 g/mol. The number of nitrogens with zero attached hydrogens (tertiary/aromatic N) is 2. The van der Waals surface area contributed by atoms with Crippen LogP contribution in [0.15, 0.2) is 0 Å². The van der Waals surface area contributed by atoms with Crippen LogP contribution in [-0.2, 0) is 17.0 Å². The fourth-order valence-electron chi connectivity index (χ4n) is 3.29. The van der Waals surface area contributed by atoms with Gasteiger partial charge in [0.15, 0.2) is 0 Å². The van der Waals surface area contributed by atoms with E-state index in [1.807, 2.05) is 14.1 Å². The van der Waals surface area contributed by atoms with Crippen molar-refractivity contribution in [1.29, 1.82) is 0 Å². The zero-order chi connectivity index (χ0) is 14.8. The van der Waals surface area contributed by atoms with Gasteiger partial charge in [-0.2, -0.15) is 25.9 Å². The molecule has 2 saturated carbocycles. The summed E-state index contributed by atoms with van der Waals surface area (Å²) < 4.78 is 0. The topological polar surface area (TPSA) is 28.2 Å². The molecule has 0 spiro atoms. The molecule has 0 aromatic heterocycles. The van der Waals surface area contributed by atoms with E-state index in [1.54, 1.807) is 0 Å². The molecule has 0 heterocycles. The first-order chi connectivity index (χ1) is 9.76. The summed E-state index contributed by atoms with van der Waals surface area (Å²) in [7, 11) is 13.8. The Hall–Kier alpha value is 1.56.